The molecular formula is C19H21NO4. The van der Waals surface area contributed by atoms with Crippen molar-refractivity contribution in [2.45, 2.75) is 13.3 Å². The third-order valence-electron chi connectivity index (χ3n) is 5.68. The number of carboxylic acids is 1. The van der Waals surface area contributed by atoms with Gasteiger partial charge in [0.2, 0.25) is 5.91 Å². The van der Waals surface area contributed by atoms with Gasteiger partial charge >= 0.3 is 5.97 Å². The zero-order valence-electron chi connectivity index (χ0n) is 13.5. The van der Waals surface area contributed by atoms with Crippen molar-refractivity contribution in [2.75, 3.05) is 11.9 Å². The van der Waals surface area contributed by atoms with Crippen molar-refractivity contribution in [3.63, 3.8) is 0 Å². The van der Waals surface area contributed by atoms with E-state index in [0.29, 0.717) is 29.9 Å². The maximum Gasteiger partial charge on any atom is 0.307 e. The zero-order valence-corrected chi connectivity index (χ0v) is 13.5. The molecule has 126 valence electrons. The zero-order chi connectivity index (χ0) is 16.8. The SMILES string of the molecule is CCOc1ccccc1NC(=O)[C@H]1[C@H]2C=C[C@@H]([C@@H]3C[C@H]23)[C@@H]1C(=O)O. The molecule has 0 radical (unpaired) electrons. The monoisotopic (exact) mass is 327 g/mol. The second-order valence-corrected chi connectivity index (χ2v) is 6.91. The molecule has 0 aromatic heterocycles. The highest BCUT2D eigenvalue weighted by Crippen LogP contribution is 2.63. The second-order valence-electron chi connectivity index (χ2n) is 6.91. The summed E-state index contributed by atoms with van der Waals surface area (Å²) in [6.07, 6.45) is 5.14. The first-order valence-corrected chi connectivity index (χ1v) is 8.55. The normalized spacial score (nSPS) is 35.2. The number of anilines is 1. The van der Waals surface area contributed by atoms with Crippen LogP contribution in [0.4, 0.5) is 5.69 Å². The molecule has 5 rings (SSSR count). The van der Waals surface area contributed by atoms with Crippen LogP contribution in [0.25, 0.3) is 0 Å². The average Bonchev–Trinajstić information content (AvgIpc) is 3.38. The van der Waals surface area contributed by atoms with Crippen molar-refractivity contribution in [1.29, 1.82) is 0 Å². The Labute approximate surface area is 140 Å². The molecule has 6 atom stereocenters. The lowest BCUT2D eigenvalue weighted by molar-refractivity contribution is -0.152. The van der Waals surface area contributed by atoms with Crippen LogP contribution >= 0.6 is 0 Å². The molecule has 4 aliphatic carbocycles. The summed E-state index contributed by atoms with van der Waals surface area (Å²) in [6, 6.07) is 7.27. The van der Waals surface area contributed by atoms with E-state index < -0.39 is 17.8 Å². The molecule has 2 N–H and O–H groups in total. The van der Waals surface area contributed by atoms with Gasteiger partial charge in [0.1, 0.15) is 5.75 Å². The molecule has 2 bridgehead atoms. The molecule has 2 saturated carbocycles. The number of benzene rings is 1. The van der Waals surface area contributed by atoms with E-state index in [-0.39, 0.29) is 17.7 Å². The quantitative estimate of drug-likeness (QED) is 0.816. The van der Waals surface area contributed by atoms with Gasteiger partial charge in [-0.1, -0.05) is 24.3 Å². The van der Waals surface area contributed by atoms with Gasteiger partial charge in [0.05, 0.1) is 24.1 Å². The van der Waals surface area contributed by atoms with Crippen LogP contribution in [0.15, 0.2) is 36.4 Å². The van der Waals surface area contributed by atoms with Crippen LogP contribution in [0.2, 0.25) is 0 Å². The molecule has 1 aromatic carbocycles. The summed E-state index contributed by atoms with van der Waals surface area (Å²) in [5.74, 6) is -0.609. The van der Waals surface area contributed by atoms with Crippen molar-refractivity contribution in [3.05, 3.63) is 36.4 Å². The van der Waals surface area contributed by atoms with E-state index in [2.05, 4.69) is 11.4 Å². The van der Waals surface area contributed by atoms with Gasteiger partial charge in [0.25, 0.3) is 0 Å². The number of fused-ring (bicyclic) bond motifs is 1. The van der Waals surface area contributed by atoms with E-state index in [0.717, 1.165) is 6.42 Å². The van der Waals surface area contributed by atoms with E-state index in [9.17, 15) is 14.7 Å². The lowest BCUT2D eigenvalue weighted by Gasteiger charge is -2.41. The number of amides is 1. The van der Waals surface area contributed by atoms with Crippen LogP contribution in [-0.4, -0.2) is 23.6 Å². The van der Waals surface area contributed by atoms with Crippen molar-refractivity contribution >= 4 is 17.6 Å². The minimum atomic E-state index is -0.863. The summed E-state index contributed by atoms with van der Waals surface area (Å²) in [6.45, 7) is 2.39. The highest BCUT2D eigenvalue weighted by molar-refractivity contribution is 5.97. The number of rotatable bonds is 5. The molecule has 0 unspecified atom stereocenters. The number of ether oxygens (including phenoxy) is 1. The van der Waals surface area contributed by atoms with Gasteiger partial charge < -0.3 is 15.2 Å². The number of allylic oxidation sites excluding steroid dienone is 2. The Morgan fingerprint density at radius 1 is 1.17 bits per heavy atom. The minimum Gasteiger partial charge on any atom is -0.492 e. The second kappa shape index (κ2) is 5.65. The van der Waals surface area contributed by atoms with Crippen LogP contribution in [0.5, 0.6) is 5.75 Å². The third-order valence-corrected chi connectivity index (χ3v) is 5.68. The van der Waals surface area contributed by atoms with E-state index >= 15 is 0 Å². The Kier molecular flexibility index (Phi) is 3.59. The fourth-order valence-corrected chi connectivity index (χ4v) is 4.64. The molecular weight excluding hydrogens is 306 g/mol. The van der Waals surface area contributed by atoms with Gasteiger partial charge in [-0.15, -0.1) is 0 Å². The van der Waals surface area contributed by atoms with E-state index in [4.69, 9.17) is 4.74 Å². The van der Waals surface area contributed by atoms with Crippen molar-refractivity contribution in [2.24, 2.45) is 35.5 Å². The summed E-state index contributed by atoms with van der Waals surface area (Å²) in [4.78, 5) is 24.7. The Balaban J connectivity index is 1.60. The van der Waals surface area contributed by atoms with Crippen molar-refractivity contribution in [3.8, 4) is 5.75 Å². The maximum absolute atomic E-state index is 12.9. The lowest BCUT2D eigenvalue weighted by atomic mass is 9.62. The highest BCUT2D eigenvalue weighted by atomic mass is 16.5. The summed E-state index contributed by atoms with van der Waals surface area (Å²) in [5, 5.41) is 12.6. The number of para-hydroxylation sites is 2. The van der Waals surface area contributed by atoms with Gasteiger partial charge in [-0.3, -0.25) is 9.59 Å². The topological polar surface area (TPSA) is 75.6 Å². The molecule has 0 spiro atoms. The van der Waals surface area contributed by atoms with Crippen LogP contribution in [-0.2, 0) is 9.59 Å². The van der Waals surface area contributed by atoms with Crippen LogP contribution in [0, 0.1) is 35.5 Å². The van der Waals surface area contributed by atoms with Crippen molar-refractivity contribution in [1.82, 2.24) is 0 Å². The van der Waals surface area contributed by atoms with Gasteiger partial charge in [-0.25, -0.2) is 0 Å². The third kappa shape index (κ3) is 2.30. The molecule has 0 aliphatic heterocycles. The summed E-state index contributed by atoms with van der Waals surface area (Å²) < 4.78 is 5.55. The first-order valence-electron chi connectivity index (χ1n) is 8.55. The predicted octanol–water partition coefficient (Wildman–Crippen LogP) is 2.79. The van der Waals surface area contributed by atoms with Crippen LogP contribution in [0.3, 0.4) is 0 Å². The van der Waals surface area contributed by atoms with Gasteiger partial charge in [0, 0.05) is 0 Å². The number of carbonyl (C=O) groups excluding carboxylic acids is 1. The van der Waals surface area contributed by atoms with E-state index in [1.165, 1.54) is 0 Å². The van der Waals surface area contributed by atoms with Crippen LogP contribution in [0.1, 0.15) is 13.3 Å². The lowest BCUT2D eigenvalue weighted by Crippen LogP contribution is -2.48. The van der Waals surface area contributed by atoms with Gasteiger partial charge in [-0.05, 0) is 49.1 Å². The summed E-state index contributed by atoms with van der Waals surface area (Å²) in [7, 11) is 0. The summed E-state index contributed by atoms with van der Waals surface area (Å²) >= 11 is 0. The average molecular weight is 327 g/mol. The molecule has 2 fully saturated rings. The molecule has 5 heteroatoms. The number of hydrogen-bond donors (Lipinski definition) is 2. The first kappa shape index (κ1) is 15.2. The van der Waals surface area contributed by atoms with Crippen molar-refractivity contribution < 1.29 is 19.4 Å². The Morgan fingerprint density at radius 2 is 1.83 bits per heavy atom. The Hall–Kier alpha value is -2.30. The smallest absolute Gasteiger partial charge is 0.307 e. The van der Waals surface area contributed by atoms with E-state index in [1.807, 2.05) is 25.1 Å². The molecule has 24 heavy (non-hydrogen) atoms. The van der Waals surface area contributed by atoms with Gasteiger partial charge in [-0.2, -0.15) is 0 Å². The molecule has 5 nitrogen and oxygen atoms in total. The Morgan fingerprint density at radius 3 is 2.50 bits per heavy atom. The van der Waals surface area contributed by atoms with Crippen LogP contribution < -0.4 is 10.1 Å². The predicted molar refractivity (Wildman–Crippen MR) is 88.6 cm³/mol. The fourth-order valence-electron chi connectivity index (χ4n) is 4.64. The Bertz CT molecular complexity index is 713. The van der Waals surface area contributed by atoms with Gasteiger partial charge in [0.15, 0.2) is 0 Å². The molecule has 0 saturated heterocycles. The van der Waals surface area contributed by atoms with E-state index in [1.54, 1.807) is 12.1 Å². The first-order chi connectivity index (χ1) is 11.6. The number of nitrogens with one attached hydrogen (secondary N) is 1. The maximum atomic E-state index is 12.9. The summed E-state index contributed by atoms with van der Waals surface area (Å²) in [5.41, 5.74) is 0.603. The highest BCUT2D eigenvalue weighted by Gasteiger charge is 2.63. The largest absolute Gasteiger partial charge is 0.492 e. The molecule has 1 aromatic rings. The number of hydrogen-bond acceptors (Lipinski definition) is 3. The number of carboxylic acid groups (broad SMARTS) is 1. The number of aliphatic carboxylic acids is 1. The molecule has 0 heterocycles. The molecule has 1 amide bonds. The standard InChI is InChI=1S/C19H21NO4/c1-2-24-15-6-4-3-5-14(15)20-18(21)16-10-7-8-11(13-9-12(10)13)17(16)19(22)23/h3-8,10-13,16-17H,2,9H2,1H3,(H,20,21)(H,22,23)/t10-,11-,12+,13-,16-,17-/m0/s1. The minimum absolute atomic E-state index is 0.00427. The molecule has 4 aliphatic rings. The number of carbonyl (C=O) groups is 2. The fraction of sp³-hybridized carbons (Fsp3) is 0.474.